The minimum absolute atomic E-state index is 0.128. The maximum Gasteiger partial charge on any atom is 0.350 e. The van der Waals surface area contributed by atoms with Gasteiger partial charge in [0.15, 0.2) is 0 Å². The van der Waals surface area contributed by atoms with E-state index in [0.29, 0.717) is 16.5 Å². The minimum Gasteiger partial charge on any atom is -0.465 e. The summed E-state index contributed by atoms with van der Waals surface area (Å²) in [6, 6.07) is 1.76. The van der Waals surface area contributed by atoms with E-state index in [4.69, 9.17) is 9.47 Å². The first-order valence-electron chi connectivity index (χ1n) is 9.42. The zero-order chi connectivity index (χ0) is 21.1. The third-order valence-electron chi connectivity index (χ3n) is 4.68. The van der Waals surface area contributed by atoms with Gasteiger partial charge in [0.1, 0.15) is 17.0 Å². The van der Waals surface area contributed by atoms with Gasteiger partial charge in [0, 0.05) is 5.92 Å². The van der Waals surface area contributed by atoms with Gasteiger partial charge in [0.25, 0.3) is 0 Å². The first-order valence-corrected chi connectivity index (χ1v) is 11.3. The number of hydrogen-bond acceptors (Lipinski definition) is 6. The molecule has 0 aromatic carbocycles. The van der Waals surface area contributed by atoms with Crippen LogP contribution in [0.15, 0.2) is 6.07 Å². The molecule has 2 rings (SSSR count). The largest absolute Gasteiger partial charge is 0.465 e. The monoisotopic (exact) mass is 521 g/mol. The van der Waals surface area contributed by atoms with E-state index in [1.807, 2.05) is 0 Å². The third kappa shape index (κ3) is 6.17. The Hall–Kier alpha value is -1.16. The van der Waals surface area contributed by atoms with E-state index in [1.165, 1.54) is 23.3 Å². The van der Waals surface area contributed by atoms with Gasteiger partial charge in [0.05, 0.1) is 15.7 Å². The Morgan fingerprint density at radius 3 is 2.36 bits per heavy atom. The SMILES string of the molecule is COC(=O)c1sc(I)cc1N(CC(=O)OC(C)(C)C)C(=O)[C@H]1CC[C@H](C)CC1. The van der Waals surface area contributed by atoms with Crippen molar-refractivity contribution in [3.63, 3.8) is 0 Å². The highest BCUT2D eigenvalue weighted by Gasteiger charge is 2.34. The maximum atomic E-state index is 13.3. The lowest BCUT2D eigenvalue weighted by Gasteiger charge is -2.31. The van der Waals surface area contributed by atoms with Crippen LogP contribution >= 0.6 is 33.9 Å². The zero-order valence-corrected chi connectivity index (χ0v) is 20.0. The van der Waals surface area contributed by atoms with Crippen molar-refractivity contribution in [1.82, 2.24) is 0 Å². The second-order valence-corrected chi connectivity index (χ2v) is 11.2. The average molecular weight is 521 g/mol. The van der Waals surface area contributed by atoms with Gasteiger partial charge in [0.2, 0.25) is 5.91 Å². The van der Waals surface area contributed by atoms with E-state index < -0.39 is 17.5 Å². The lowest BCUT2D eigenvalue weighted by atomic mass is 9.82. The number of carbonyl (C=O) groups is 3. The Morgan fingerprint density at radius 1 is 1.21 bits per heavy atom. The van der Waals surface area contributed by atoms with Crippen LogP contribution in [-0.4, -0.2) is 37.1 Å². The predicted molar refractivity (Wildman–Crippen MR) is 118 cm³/mol. The van der Waals surface area contributed by atoms with E-state index in [9.17, 15) is 14.4 Å². The molecule has 1 heterocycles. The second-order valence-electron chi connectivity index (χ2n) is 8.22. The number of hydrogen-bond donors (Lipinski definition) is 0. The van der Waals surface area contributed by atoms with Gasteiger partial charge in [-0.15, -0.1) is 11.3 Å². The third-order valence-corrected chi connectivity index (χ3v) is 6.55. The molecule has 1 amide bonds. The Labute approximate surface area is 184 Å². The molecule has 28 heavy (non-hydrogen) atoms. The topological polar surface area (TPSA) is 72.9 Å². The fraction of sp³-hybridized carbons (Fsp3) is 0.650. The van der Waals surface area contributed by atoms with Crippen molar-refractivity contribution in [1.29, 1.82) is 0 Å². The number of carbonyl (C=O) groups excluding carboxylic acids is 3. The van der Waals surface area contributed by atoms with Crippen molar-refractivity contribution in [2.24, 2.45) is 11.8 Å². The van der Waals surface area contributed by atoms with Crippen LogP contribution in [-0.2, 0) is 19.1 Å². The maximum absolute atomic E-state index is 13.3. The molecule has 1 aromatic rings. The van der Waals surface area contributed by atoms with Crippen molar-refractivity contribution in [2.75, 3.05) is 18.6 Å². The number of thiophene rings is 1. The molecule has 1 fully saturated rings. The Morgan fingerprint density at radius 2 is 1.82 bits per heavy atom. The summed E-state index contributed by atoms with van der Waals surface area (Å²) >= 11 is 3.35. The van der Waals surface area contributed by atoms with E-state index in [1.54, 1.807) is 26.8 Å². The number of methoxy groups -OCH3 is 1. The smallest absolute Gasteiger partial charge is 0.350 e. The van der Waals surface area contributed by atoms with E-state index in [0.717, 1.165) is 28.6 Å². The Balaban J connectivity index is 2.35. The normalized spacial score (nSPS) is 19.8. The first kappa shape index (κ1) is 23.1. The van der Waals surface area contributed by atoms with Gasteiger partial charge < -0.3 is 9.47 Å². The van der Waals surface area contributed by atoms with Gasteiger partial charge in [-0.2, -0.15) is 0 Å². The number of amides is 1. The summed E-state index contributed by atoms with van der Waals surface area (Å²) < 4.78 is 11.1. The zero-order valence-electron chi connectivity index (χ0n) is 17.0. The van der Waals surface area contributed by atoms with Crippen LogP contribution < -0.4 is 4.90 Å². The Kier molecular flexibility index (Phi) is 7.89. The molecule has 0 N–H and O–H groups in total. The standard InChI is InChI=1S/C20H28INO5S/c1-12-6-8-13(9-7-12)18(24)22(11-16(23)27-20(2,3)4)14-10-15(21)28-17(14)19(25)26-5/h10,12-13H,6-9,11H2,1-5H3/t12-,13-. The number of halogens is 1. The van der Waals surface area contributed by atoms with E-state index in [-0.39, 0.29) is 18.4 Å². The molecule has 1 aliphatic carbocycles. The average Bonchev–Trinajstić information content (AvgIpc) is 2.99. The lowest BCUT2D eigenvalue weighted by molar-refractivity contribution is -0.153. The van der Waals surface area contributed by atoms with Crippen LogP contribution in [0, 0.1) is 14.7 Å². The molecule has 0 saturated heterocycles. The number of ether oxygens (including phenoxy) is 2. The fourth-order valence-corrected chi connectivity index (χ4v) is 5.07. The molecule has 1 saturated carbocycles. The van der Waals surface area contributed by atoms with Crippen LogP contribution in [0.5, 0.6) is 0 Å². The summed E-state index contributed by atoms with van der Waals surface area (Å²) in [4.78, 5) is 39.8. The molecular weight excluding hydrogens is 493 g/mol. The minimum atomic E-state index is -0.652. The van der Waals surface area contributed by atoms with Crippen molar-refractivity contribution < 1.29 is 23.9 Å². The lowest BCUT2D eigenvalue weighted by Crippen LogP contribution is -2.43. The van der Waals surface area contributed by atoms with Gasteiger partial charge in [-0.3, -0.25) is 14.5 Å². The quantitative estimate of drug-likeness (QED) is 0.417. The number of rotatable bonds is 5. The van der Waals surface area contributed by atoms with Crippen molar-refractivity contribution in [3.05, 3.63) is 13.8 Å². The van der Waals surface area contributed by atoms with E-state index >= 15 is 0 Å². The first-order chi connectivity index (χ1) is 13.0. The van der Waals surface area contributed by atoms with Crippen molar-refractivity contribution in [2.45, 2.75) is 59.0 Å². The molecular formula is C20H28INO5S. The molecule has 0 aliphatic heterocycles. The van der Waals surface area contributed by atoms with Gasteiger partial charge in [-0.05, 0) is 81.0 Å². The predicted octanol–water partition coefficient (Wildman–Crippen LogP) is 4.64. The number of anilines is 1. The van der Waals surface area contributed by atoms with Crippen LogP contribution in [0.25, 0.3) is 0 Å². The summed E-state index contributed by atoms with van der Waals surface area (Å²) in [6.45, 7) is 7.32. The van der Waals surface area contributed by atoms with Crippen LogP contribution in [0.1, 0.15) is 63.0 Å². The Bertz CT molecular complexity index is 731. The molecule has 8 heteroatoms. The second kappa shape index (κ2) is 9.56. The molecule has 6 nitrogen and oxygen atoms in total. The number of nitrogens with zero attached hydrogens (tertiary/aromatic N) is 1. The summed E-state index contributed by atoms with van der Waals surface area (Å²) in [5, 5.41) is 0. The summed E-state index contributed by atoms with van der Waals surface area (Å²) in [5.41, 5.74) is -0.226. The number of esters is 2. The van der Waals surface area contributed by atoms with Crippen LogP contribution in [0.4, 0.5) is 5.69 Å². The molecule has 0 unspecified atom stereocenters. The fourth-order valence-electron chi connectivity index (χ4n) is 3.30. The summed E-state index contributed by atoms with van der Waals surface area (Å²) in [7, 11) is 1.31. The van der Waals surface area contributed by atoms with Crippen LogP contribution in [0.3, 0.4) is 0 Å². The van der Waals surface area contributed by atoms with Gasteiger partial charge >= 0.3 is 11.9 Å². The summed E-state index contributed by atoms with van der Waals surface area (Å²) in [5.74, 6) is -0.681. The molecule has 156 valence electrons. The molecule has 0 atom stereocenters. The van der Waals surface area contributed by atoms with Crippen LogP contribution in [0.2, 0.25) is 0 Å². The molecule has 1 aromatic heterocycles. The van der Waals surface area contributed by atoms with Crippen molar-refractivity contribution in [3.8, 4) is 0 Å². The molecule has 0 spiro atoms. The highest BCUT2D eigenvalue weighted by atomic mass is 127. The van der Waals surface area contributed by atoms with Gasteiger partial charge in [-0.1, -0.05) is 6.92 Å². The van der Waals surface area contributed by atoms with Crippen molar-refractivity contribution >= 4 is 57.5 Å². The van der Waals surface area contributed by atoms with E-state index in [2.05, 4.69) is 29.5 Å². The molecule has 0 bridgehead atoms. The highest BCUT2D eigenvalue weighted by molar-refractivity contribution is 14.1. The molecule has 0 radical (unpaired) electrons. The van der Waals surface area contributed by atoms with Gasteiger partial charge in [-0.25, -0.2) is 4.79 Å². The highest BCUT2D eigenvalue weighted by Crippen LogP contribution is 2.36. The summed E-state index contributed by atoms with van der Waals surface area (Å²) in [6.07, 6.45) is 3.56. The molecule has 1 aliphatic rings.